The molecule has 0 aliphatic carbocycles. The molecule has 23 heavy (non-hydrogen) atoms. The first-order valence-corrected chi connectivity index (χ1v) is 7.28. The highest BCUT2D eigenvalue weighted by molar-refractivity contribution is 5.92. The Bertz CT molecular complexity index is 687. The number of amides is 3. The Hall–Kier alpha value is -3.02. The number of aryl methyl sites for hydroxylation is 1. The van der Waals surface area contributed by atoms with Crippen molar-refractivity contribution in [3.05, 3.63) is 54.1 Å². The first kappa shape index (κ1) is 16.4. The van der Waals surface area contributed by atoms with Gasteiger partial charge in [-0.05, 0) is 43.7 Å². The van der Waals surface area contributed by atoms with Gasteiger partial charge in [0, 0.05) is 17.9 Å². The zero-order valence-corrected chi connectivity index (χ0v) is 13.1. The molecule has 6 nitrogen and oxygen atoms in total. The molecule has 0 saturated carbocycles. The van der Waals surface area contributed by atoms with Crippen LogP contribution < -0.4 is 20.7 Å². The van der Waals surface area contributed by atoms with Gasteiger partial charge in [0.05, 0.1) is 0 Å². The van der Waals surface area contributed by atoms with Crippen molar-refractivity contribution >= 4 is 23.5 Å². The summed E-state index contributed by atoms with van der Waals surface area (Å²) < 4.78 is 5.16. The van der Waals surface area contributed by atoms with Crippen LogP contribution in [0.2, 0.25) is 0 Å². The van der Waals surface area contributed by atoms with Crippen molar-refractivity contribution in [2.75, 3.05) is 17.2 Å². The Kier molecular flexibility index (Phi) is 5.57. The van der Waals surface area contributed by atoms with Crippen molar-refractivity contribution < 1.29 is 14.3 Å². The summed E-state index contributed by atoms with van der Waals surface area (Å²) >= 11 is 0. The summed E-state index contributed by atoms with van der Waals surface area (Å²) in [6.07, 6.45) is -0.594. The minimum atomic E-state index is -0.594. The minimum absolute atomic E-state index is 0.292. The number of ether oxygens (including phenoxy) is 1. The molecule has 120 valence electrons. The van der Waals surface area contributed by atoms with Gasteiger partial charge in [-0.1, -0.05) is 24.3 Å². The van der Waals surface area contributed by atoms with Crippen LogP contribution in [0.4, 0.5) is 21.0 Å². The molecule has 6 heteroatoms. The summed E-state index contributed by atoms with van der Waals surface area (Å²) in [5, 5.41) is 8.01. The predicted octanol–water partition coefficient (Wildman–Crippen LogP) is 3.75. The lowest BCUT2D eigenvalue weighted by molar-refractivity contribution is 0.215. The van der Waals surface area contributed by atoms with Gasteiger partial charge in [0.25, 0.3) is 0 Å². The van der Waals surface area contributed by atoms with Crippen LogP contribution in [0.1, 0.15) is 12.5 Å². The molecule has 0 unspecified atom stereocenters. The number of hydrogen-bond acceptors (Lipinski definition) is 3. The van der Waals surface area contributed by atoms with Crippen LogP contribution in [0.5, 0.6) is 5.75 Å². The largest absolute Gasteiger partial charge is 0.417 e. The second kappa shape index (κ2) is 7.84. The van der Waals surface area contributed by atoms with Crippen LogP contribution in [-0.4, -0.2) is 18.7 Å². The number of para-hydroxylation sites is 1. The lowest BCUT2D eigenvalue weighted by Crippen LogP contribution is -2.28. The molecule has 0 aliphatic rings. The summed E-state index contributed by atoms with van der Waals surface area (Å²) in [5.41, 5.74) is 2.04. The van der Waals surface area contributed by atoms with E-state index in [1.54, 1.807) is 42.5 Å². The standard InChI is InChI=1S/C17H19N3O3/c1-3-18-16(21)20-15-11-13(10-9-12(15)2)19-17(22)23-14-7-5-4-6-8-14/h4-11H,3H2,1-2H3,(H,19,22)(H2,18,20,21). The zero-order chi connectivity index (χ0) is 16.7. The van der Waals surface area contributed by atoms with E-state index in [2.05, 4.69) is 16.0 Å². The van der Waals surface area contributed by atoms with Gasteiger partial charge < -0.3 is 15.4 Å². The molecular formula is C17H19N3O3. The van der Waals surface area contributed by atoms with E-state index < -0.39 is 6.09 Å². The van der Waals surface area contributed by atoms with Crippen LogP contribution >= 0.6 is 0 Å². The van der Waals surface area contributed by atoms with Crippen LogP contribution in [0.15, 0.2) is 48.5 Å². The van der Waals surface area contributed by atoms with Crippen molar-refractivity contribution in [3.8, 4) is 5.75 Å². The molecule has 3 amide bonds. The van der Waals surface area contributed by atoms with E-state index in [0.29, 0.717) is 23.7 Å². The fourth-order valence-electron chi connectivity index (χ4n) is 1.90. The van der Waals surface area contributed by atoms with E-state index in [-0.39, 0.29) is 6.03 Å². The molecule has 0 aromatic heterocycles. The Morgan fingerprint density at radius 2 is 1.78 bits per heavy atom. The zero-order valence-electron chi connectivity index (χ0n) is 13.1. The first-order chi connectivity index (χ1) is 11.1. The van der Waals surface area contributed by atoms with Gasteiger partial charge in [0.2, 0.25) is 0 Å². The summed E-state index contributed by atoms with van der Waals surface area (Å²) in [6.45, 7) is 4.24. The van der Waals surface area contributed by atoms with Crippen LogP contribution in [0.3, 0.4) is 0 Å². The SMILES string of the molecule is CCNC(=O)Nc1cc(NC(=O)Oc2ccccc2)ccc1C. The molecule has 0 bridgehead atoms. The fourth-order valence-corrected chi connectivity index (χ4v) is 1.90. The highest BCUT2D eigenvalue weighted by Gasteiger charge is 2.08. The number of anilines is 2. The second-order valence-electron chi connectivity index (χ2n) is 4.84. The fraction of sp³-hybridized carbons (Fsp3) is 0.176. The average molecular weight is 313 g/mol. The molecule has 2 rings (SSSR count). The molecule has 3 N–H and O–H groups in total. The van der Waals surface area contributed by atoms with E-state index in [1.807, 2.05) is 19.9 Å². The summed E-state index contributed by atoms with van der Waals surface area (Å²) in [5.74, 6) is 0.456. The summed E-state index contributed by atoms with van der Waals surface area (Å²) in [7, 11) is 0. The van der Waals surface area contributed by atoms with Crippen LogP contribution in [-0.2, 0) is 0 Å². The lowest BCUT2D eigenvalue weighted by atomic mass is 10.2. The molecule has 0 atom stereocenters. The smallest absolute Gasteiger partial charge is 0.410 e. The molecule has 0 saturated heterocycles. The van der Waals surface area contributed by atoms with E-state index in [1.165, 1.54) is 0 Å². The number of carbonyl (C=O) groups is 2. The number of nitrogens with one attached hydrogen (secondary N) is 3. The Morgan fingerprint density at radius 3 is 2.48 bits per heavy atom. The molecular weight excluding hydrogens is 294 g/mol. The molecule has 2 aromatic carbocycles. The Balaban J connectivity index is 2.02. The van der Waals surface area contributed by atoms with Crippen molar-refractivity contribution in [2.45, 2.75) is 13.8 Å². The topological polar surface area (TPSA) is 79.5 Å². The van der Waals surface area contributed by atoms with Crippen LogP contribution in [0.25, 0.3) is 0 Å². The molecule has 0 spiro atoms. The lowest BCUT2D eigenvalue weighted by Gasteiger charge is -2.12. The van der Waals surface area contributed by atoms with Gasteiger partial charge in [-0.25, -0.2) is 9.59 Å². The van der Waals surface area contributed by atoms with Gasteiger partial charge in [0.1, 0.15) is 5.75 Å². The molecule has 0 fully saturated rings. The average Bonchev–Trinajstić information content (AvgIpc) is 2.52. The molecule has 2 aromatic rings. The number of urea groups is 1. The number of benzene rings is 2. The van der Waals surface area contributed by atoms with E-state index in [0.717, 1.165) is 5.56 Å². The number of carbonyl (C=O) groups excluding carboxylic acids is 2. The van der Waals surface area contributed by atoms with Gasteiger partial charge in [0.15, 0.2) is 0 Å². The predicted molar refractivity (Wildman–Crippen MR) is 90.0 cm³/mol. The van der Waals surface area contributed by atoms with Gasteiger partial charge in [-0.3, -0.25) is 5.32 Å². The Labute approximate surface area is 134 Å². The van der Waals surface area contributed by atoms with E-state index in [4.69, 9.17) is 4.74 Å². The quantitative estimate of drug-likeness (QED) is 0.804. The highest BCUT2D eigenvalue weighted by atomic mass is 16.6. The molecule has 0 radical (unpaired) electrons. The second-order valence-corrected chi connectivity index (χ2v) is 4.84. The van der Waals surface area contributed by atoms with Gasteiger partial charge in [-0.15, -0.1) is 0 Å². The van der Waals surface area contributed by atoms with Gasteiger partial charge >= 0.3 is 12.1 Å². The van der Waals surface area contributed by atoms with Gasteiger partial charge in [-0.2, -0.15) is 0 Å². The third-order valence-electron chi connectivity index (χ3n) is 3.02. The Morgan fingerprint density at radius 1 is 1.04 bits per heavy atom. The van der Waals surface area contributed by atoms with Crippen LogP contribution in [0, 0.1) is 6.92 Å². The van der Waals surface area contributed by atoms with E-state index in [9.17, 15) is 9.59 Å². The monoisotopic (exact) mass is 313 g/mol. The van der Waals surface area contributed by atoms with Crippen molar-refractivity contribution in [1.29, 1.82) is 0 Å². The van der Waals surface area contributed by atoms with Crippen molar-refractivity contribution in [2.24, 2.45) is 0 Å². The number of hydrogen-bond donors (Lipinski definition) is 3. The number of rotatable bonds is 4. The maximum Gasteiger partial charge on any atom is 0.417 e. The maximum absolute atomic E-state index is 11.9. The molecule has 0 aliphatic heterocycles. The molecule has 0 heterocycles. The highest BCUT2D eigenvalue weighted by Crippen LogP contribution is 2.20. The van der Waals surface area contributed by atoms with Crippen molar-refractivity contribution in [1.82, 2.24) is 5.32 Å². The maximum atomic E-state index is 11.9. The normalized spacial score (nSPS) is 9.83. The third-order valence-corrected chi connectivity index (χ3v) is 3.02. The summed E-state index contributed by atoms with van der Waals surface area (Å²) in [4.78, 5) is 23.5. The summed E-state index contributed by atoms with van der Waals surface area (Å²) in [6, 6.07) is 13.7. The van der Waals surface area contributed by atoms with Crippen molar-refractivity contribution in [3.63, 3.8) is 0 Å². The minimum Gasteiger partial charge on any atom is -0.410 e. The third kappa shape index (κ3) is 5.03. The van der Waals surface area contributed by atoms with E-state index >= 15 is 0 Å². The first-order valence-electron chi connectivity index (χ1n) is 7.28.